The minimum Gasteiger partial charge on any atom is -0.466 e. The van der Waals surface area contributed by atoms with Crippen molar-refractivity contribution in [3.05, 3.63) is 0 Å². The van der Waals surface area contributed by atoms with Crippen LogP contribution >= 0.6 is 0 Å². The number of hydrogen-bond acceptors (Lipinski definition) is 6. The molecule has 0 radical (unpaired) electrons. The van der Waals surface area contributed by atoms with Gasteiger partial charge in [0.1, 0.15) is 0 Å². The standard InChI is InChI=1S/C47H93NO5/c1-6-9-12-15-16-19-24-33-45(50)52-42-30-37-47(4,5)36-29-40-48(39-27-28-41-49)38-26-21-20-25-34-46(51)53-43-35-44(31-22-17-13-10-7-2)32-23-18-14-11-8-3/h44,49H,6-43H2,1-5H3. The van der Waals surface area contributed by atoms with E-state index in [0.29, 0.717) is 32.0 Å². The van der Waals surface area contributed by atoms with Crippen LogP contribution in [-0.4, -0.2) is 61.4 Å². The lowest BCUT2D eigenvalue weighted by Crippen LogP contribution is -2.28. The zero-order valence-corrected chi connectivity index (χ0v) is 36.5. The third-order valence-electron chi connectivity index (χ3n) is 11.3. The van der Waals surface area contributed by atoms with Gasteiger partial charge in [-0.25, -0.2) is 0 Å². The van der Waals surface area contributed by atoms with Crippen LogP contribution in [0.15, 0.2) is 0 Å². The highest BCUT2D eigenvalue weighted by molar-refractivity contribution is 5.69. The highest BCUT2D eigenvalue weighted by Crippen LogP contribution is 2.29. The summed E-state index contributed by atoms with van der Waals surface area (Å²) in [4.78, 5) is 27.2. The average molecular weight is 752 g/mol. The van der Waals surface area contributed by atoms with Gasteiger partial charge in [0.15, 0.2) is 0 Å². The van der Waals surface area contributed by atoms with E-state index in [1.807, 2.05) is 0 Å². The highest BCUT2D eigenvalue weighted by atomic mass is 16.5. The fourth-order valence-electron chi connectivity index (χ4n) is 7.60. The number of carbonyl (C=O) groups excluding carboxylic acids is 2. The lowest BCUT2D eigenvalue weighted by atomic mass is 9.83. The van der Waals surface area contributed by atoms with Crippen LogP contribution in [0.2, 0.25) is 0 Å². The lowest BCUT2D eigenvalue weighted by Gasteiger charge is -2.27. The highest BCUT2D eigenvalue weighted by Gasteiger charge is 2.18. The monoisotopic (exact) mass is 752 g/mol. The topological polar surface area (TPSA) is 76.1 Å². The molecule has 0 aliphatic heterocycles. The van der Waals surface area contributed by atoms with Crippen molar-refractivity contribution in [3.8, 4) is 0 Å². The van der Waals surface area contributed by atoms with E-state index in [2.05, 4.69) is 39.5 Å². The minimum atomic E-state index is -0.0272. The van der Waals surface area contributed by atoms with E-state index in [9.17, 15) is 14.7 Å². The van der Waals surface area contributed by atoms with E-state index < -0.39 is 0 Å². The normalized spacial score (nSPS) is 11.9. The van der Waals surface area contributed by atoms with E-state index in [-0.39, 0.29) is 24.0 Å². The molecule has 0 aromatic carbocycles. The summed E-state index contributed by atoms with van der Waals surface area (Å²) in [7, 11) is 0. The quantitative estimate of drug-likeness (QED) is 0.0494. The first-order valence-corrected chi connectivity index (χ1v) is 23.4. The van der Waals surface area contributed by atoms with E-state index in [4.69, 9.17) is 9.47 Å². The van der Waals surface area contributed by atoms with E-state index in [1.54, 1.807) is 0 Å². The fraction of sp³-hybridized carbons (Fsp3) is 0.957. The molecule has 0 aliphatic carbocycles. The molecular weight excluding hydrogens is 659 g/mol. The van der Waals surface area contributed by atoms with Crippen LogP contribution < -0.4 is 0 Å². The molecule has 0 rings (SSSR count). The van der Waals surface area contributed by atoms with Crippen LogP contribution in [0.1, 0.15) is 240 Å². The minimum absolute atomic E-state index is 0.00968. The fourth-order valence-corrected chi connectivity index (χ4v) is 7.60. The first kappa shape index (κ1) is 51.9. The molecule has 0 unspecified atom stereocenters. The van der Waals surface area contributed by atoms with Crippen molar-refractivity contribution in [3.63, 3.8) is 0 Å². The largest absolute Gasteiger partial charge is 0.466 e. The number of aliphatic hydroxyl groups excluding tert-OH is 1. The van der Waals surface area contributed by atoms with Crippen molar-refractivity contribution in [1.29, 1.82) is 0 Å². The molecule has 0 spiro atoms. The van der Waals surface area contributed by atoms with E-state index in [1.165, 1.54) is 109 Å². The van der Waals surface area contributed by atoms with E-state index >= 15 is 0 Å². The van der Waals surface area contributed by atoms with Crippen LogP contribution in [0.3, 0.4) is 0 Å². The van der Waals surface area contributed by atoms with Crippen molar-refractivity contribution in [1.82, 2.24) is 4.90 Å². The van der Waals surface area contributed by atoms with Gasteiger partial charge in [-0.15, -0.1) is 0 Å². The third kappa shape index (κ3) is 37.6. The third-order valence-corrected chi connectivity index (χ3v) is 11.3. The van der Waals surface area contributed by atoms with Gasteiger partial charge in [0.05, 0.1) is 13.2 Å². The van der Waals surface area contributed by atoms with E-state index in [0.717, 1.165) is 103 Å². The molecule has 0 amide bonds. The number of aliphatic hydroxyl groups is 1. The van der Waals surface area contributed by atoms with Crippen LogP contribution in [0.25, 0.3) is 0 Å². The number of nitrogens with zero attached hydrogens (tertiary/aromatic N) is 1. The zero-order chi connectivity index (χ0) is 39.1. The smallest absolute Gasteiger partial charge is 0.305 e. The van der Waals surface area contributed by atoms with Gasteiger partial charge in [-0.1, -0.05) is 163 Å². The summed E-state index contributed by atoms with van der Waals surface area (Å²) in [6.07, 6.45) is 37.1. The average Bonchev–Trinajstić information content (AvgIpc) is 3.13. The molecule has 0 saturated heterocycles. The van der Waals surface area contributed by atoms with Crippen LogP contribution in [-0.2, 0) is 19.1 Å². The number of ether oxygens (including phenoxy) is 2. The molecule has 0 atom stereocenters. The maximum atomic E-state index is 12.5. The van der Waals surface area contributed by atoms with Gasteiger partial charge in [0, 0.05) is 19.4 Å². The van der Waals surface area contributed by atoms with Crippen molar-refractivity contribution in [2.75, 3.05) is 39.5 Å². The van der Waals surface area contributed by atoms with Gasteiger partial charge in [-0.3, -0.25) is 9.59 Å². The molecule has 0 heterocycles. The molecule has 0 aliphatic rings. The van der Waals surface area contributed by atoms with Crippen LogP contribution in [0.4, 0.5) is 0 Å². The molecular formula is C47H93NO5. The molecule has 0 aromatic heterocycles. The SMILES string of the molecule is CCCCCCCCCC(=O)OCCCC(C)(C)CCCN(CCCCO)CCCCCCC(=O)OCCC(CCCCCCC)CCCCCCC. The maximum Gasteiger partial charge on any atom is 0.305 e. The summed E-state index contributed by atoms with van der Waals surface area (Å²) in [5, 5.41) is 9.32. The van der Waals surface area contributed by atoms with Crippen LogP contribution in [0.5, 0.6) is 0 Å². The Balaban J connectivity index is 4.22. The molecule has 0 fully saturated rings. The first-order valence-electron chi connectivity index (χ1n) is 23.4. The van der Waals surface area contributed by atoms with Crippen molar-refractivity contribution >= 4 is 11.9 Å². The summed E-state index contributed by atoms with van der Waals surface area (Å²) in [6.45, 7) is 16.1. The predicted molar refractivity (Wildman–Crippen MR) is 227 cm³/mol. The predicted octanol–water partition coefficient (Wildman–Crippen LogP) is 13.6. The van der Waals surface area contributed by atoms with Gasteiger partial charge in [-0.05, 0) is 95.2 Å². The Morgan fingerprint density at radius 3 is 1.43 bits per heavy atom. The van der Waals surface area contributed by atoms with Crippen molar-refractivity contribution < 1.29 is 24.2 Å². The summed E-state index contributed by atoms with van der Waals surface area (Å²) in [5.41, 5.74) is 0.236. The van der Waals surface area contributed by atoms with Gasteiger partial charge < -0.3 is 19.5 Å². The molecule has 0 aromatic rings. The Morgan fingerprint density at radius 1 is 0.491 bits per heavy atom. The molecule has 0 saturated carbocycles. The number of rotatable bonds is 42. The van der Waals surface area contributed by atoms with Gasteiger partial charge in [-0.2, -0.15) is 0 Å². The first-order chi connectivity index (χ1) is 25.8. The summed E-state index contributed by atoms with van der Waals surface area (Å²) >= 11 is 0. The number of esters is 2. The van der Waals surface area contributed by atoms with Crippen molar-refractivity contribution in [2.45, 2.75) is 240 Å². The Hall–Kier alpha value is -1.14. The molecule has 6 nitrogen and oxygen atoms in total. The number of carbonyl (C=O) groups is 2. The molecule has 316 valence electrons. The second kappa shape index (κ2) is 39.1. The Morgan fingerprint density at radius 2 is 0.906 bits per heavy atom. The Bertz CT molecular complexity index is 773. The molecule has 0 bridgehead atoms. The number of hydrogen-bond donors (Lipinski definition) is 1. The Kier molecular flexibility index (Phi) is 38.3. The van der Waals surface area contributed by atoms with Gasteiger partial charge in [0.25, 0.3) is 0 Å². The molecule has 6 heteroatoms. The van der Waals surface area contributed by atoms with Gasteiger partial charge >= 0.3 is 11.9 Å². The second-order valence-corrected chi connectivity index (χ2v) is 17.2. The maximum absolute atomic E-state index is 12.5. The molecule has 53 heavy (non-hydrogen) atoms. The lowest BCUT2D eigenvalue weighted by molar-refractivity contribution is -0.145. The number of unbranched alkanes of at least 4 members (excludes halogenated alkanes) is 18. The Labute approximate surface area is 331 Å². The van der Waals surface area contributed by atoms with Crippen LogP contribution in [0, 0.1) is 11.3 Å². The second-order valence-electron chi connectivity index (χ2n) is 17.2. The van der Waals surface area contributed by atoms with Crippen molar-refractivity contribution in [2.24, 2.45) is 11.3 Å². The summed E-state index contributed by atoms with van der Waals surface area (Å²) < 4.78 is 11.3. The summed E-state index contributed by atoms with van der Waals surface area (Å²) in [5.74, 6) is 0.670. The summed E-state index contributed by atoms with van der Waals surface area (Å²) in [6, 6.07) is 0. The van der Waals surface area contributed by atoms with Gasteiger partial charge in [0.2, 0.25) is 0 Å². The zero-order valence-electron chi connectivity index (χ0n) is 36.5. The molecule has 1 N–H and O–H groups in total.